The molecule has 3 N–H and O–H groups in total. The van der Waals surface area contributed by atoms with E-state index in [1.54, 1.807) is 13.2 Å². The summed E-state index contributed by atoms with van der Waals surface area (Å²) in [4.78, 5) is 16.6. The Morgan fingerprint density at radius 3 is 2.88 bits per heavy atom. The van der Waals surface area contributed by atoms with E-state index in [0.717, 1.165) is 24.2 Å². The molecule has 1 saturated carbocycles. The number of carbonyl (C=O) groups excluding carboxylic acids is 1. The number of nitrogens with zero attached hydrogens (tertiary/aromatic N) is 3. The normalized spacial score (nSPS) is 13.7. The molecule has 2 heterocycles. The van der Waals surface area contributed by atoms with E-state index in [2.05, 4.69) is 30.7 Å². The number of hydrogen-bond donors (Lipinski definition) is 3. The van der Waals surface area contributed by atoms with Gasteiger partial charge in [-0.25, -0.2) is 0 Å². The second kappa shape index (κ2) is 5.80. The number of H-pyrrole nitrogens is 2. The maximum atomic E-state index is 12.3. The molecule has 0 saturated heterocycles. The summed E-state index contributed by atoms with van der Waals surface area (Å²) in [7, 11) is 1.60. The zero-order valence-corrected chi connectivity index (χ0v) is 13.0. The number of carbonyl (C=O) groups is 1. The van der Waals surface area contributed by atoms with Gasteiger partial charge in [-0.2, -0.15) is 10.1 Å². The van der Waals surface area contributed by atoms with E-state index in [0.29, 0.717) is 23.1 Å². The van der Waals surface area contributed by atoms with Crippen LogP contribution in [0.2, 0.25) is 0 Å². The Labute approximate surface area is 137 Å². The summed E-state index contributed by atoms with van der Waals surface area (Å²) in [5, 5.41) is 16.4. The first-order valence-corrected chi connectivity index (χ1v) is 7.67. The van der Waals surface area contributed by atoms with Crippen LogP contribution in [0.5, 0.6) is 5.75 Å². The van der Waals surface area contributed by atoms with E-state index in [4.69, 9.17) is 4.74 Å². The highest BCUT2D eigenvalue weighted by molar-refractivity contribution is 6.02. The minimum atomic E-state index is -0.343. The number of benzene rings is 1. The van der Waals surface area contributed by atoms with Crippen LogP contribution in [0.1, 0.15) is 35.1 Å². The van der Waals surface area contributed by atoms with E-state index in [1.807, 2.05) is 24.3 Å². The minimum absolute atomic E-state index is 0.273. The van der Waals surface area contributed by atoms with Gasteiger partial charge in [0, 0.05) is 11.5 Å². The molecule has 0 spiro atoms. The number of aromatic amines is 2. The van der Waals surface area contributed by atoms with Crippen LogP contribution in [0, 0.1) is 0 Å². The van der Waals surface area contributed by atoms with E-state index in [1.165, 1.54) is 0 Å². The van der Waals surface area contributed by atoms with Gasteiger partial charge in [-0.05, 0) is 31.0 Å². The third-order valence-corrected chi connectivity index (χ3v) is 3.90. The second-order valence-corrected chi connectivity index (χ2v) is 5.64. The first-order chi connectivity index (χ1) is 11.7. The molecule has 8 heteroatoms. The molecule has 1 fully saturated rings. The summed E-state index contributed by atoms with van der Waals surface area (Å²) >= 11 is 0. The number of nitrogens with one attached hydrogen (secondary N) is 3. The molecular formula is C16H16N6O2. The average Bonchev–Trinajstić information content (AvgIpc) is 3.16. The minimum Gasteiger partial charge on any atom is -0.496 e. The Balaban J connectivity index is 1.52. The van der Waals surface area contributed by atoms with Gasteiger partial charge in [-0.1, -0.05) is 12.1 Å². The van der Waals surface area contributed by atoms with Crippen LogP contribution in [0.25, 0.3) is 11.3 Å². The standard InChI is InChI=1S/C16H16N6O2/c1-24-13-5-3-2-4-10(13)11-8-12(20-19-11)15(23)18-16-17-14(21-22-16)9-6-7-9/h2-5,8-9H,6-7H2,1H3,(H,19,20)(H2,17,18,21,22,23). The second-order valence-electron chi connectivity index (χ2n) is 5.64. The lowest BCUT2D eigenvalue weighted by Crippen LogP contribution is -2.13. The molecule has 0 aliphatic heterocycles. The molecule has 0 bridgehead atoms. The van der Waals surface area contributed by atoms with Crippen LogP contribution in [-0.4, -0.2) is 38.4 Å². The number of ether oxygens (including phenoxy) is 1. The van der Waals surface area contributed by atoms with Crippen molar-refractivity contribution in [3.05, 3.63) is 41.9 Å². The Hall–Kier alpha value is -3.16. The molecule has 1 aliphatic carbocycles. The number of anilines is 1. The number of rotatable bonds is 5. The van der Waals surface area contributed by atoms with Gasteiger partial charge in [-0.15, -0.1) is 5.10 Å². The third-order valence-electron chi connectivity index (χ3n) is 3.90. The van der Waals surface area contributed by atoms with Crippen molar-refractivity contribution in [3.8, 4) is 17.0 Å². The largest absolute Gasteiger partial charge is 0.496 e. The first kappa shape index (κ1) is 14.4. The van der Waals surface area contributed by atoms with Crippen molar-refractivity contribution in [1.82, 2.24) is 25.4 Å². The summed E-state index contributed by atoms with van der Waals surface area (Å²) in [6, 6.07) is 9.16. The van der Waals surface area contributed by atoms with Crippen LogP contribution in [0.15, 0.2) is 30.3 Å². The molecular weight excluding hydrogens is 308 g/mol. The van der Waals surface area contributed by atoms with E-state index in [-0.39, 0.29) is 11.9 Å². The van der Waals surface area contributed by atoms with Gasteiger partial charge in [0.15, 0.2) is 0 Å². The van der Waals surface area contributed by atoms with Crippen molar-refractivity contribution >= 4 is 11.9 Å². The Kier molecular flexibility index (Phi) is 3.49. The predicted octanol–water partition coefficient (Wildman–Crippen LogP) is 2.33. The fourth-order valence-electron chi connectivity index (χ4n) is 2.47. The van der Waals surface area contributed by atoms with Crippen molar-refractivity contribution in [1.29, 1.82) is 0 Å². The van der Waals surface area contributed by atoms with Crippen LogP contribution in [-0.2, 0) is 0 Å². The van der Waals surface area contributed by atoms with Gasteiger partial charge in [0.25, 0.3) is 5.91 Å². The summed E-state index contributed by atoms with van der Waals surface area (Å²) in [6.07, 6.45) is 2.23. The van der Waals surface area contributed by atoms with Crippen LogP contribution < -0.4 is 10.1 Å². The highest BCUT2D eigenvalue weighted by atomic mass is 16.5. The molecule has 0 radical (unpaired) electrons. The lowest BCUT2D eigenvalue weighted by Gasteiger charge is -2.04. The maximum absolute atomic E-state index is 12.3. The lowest BCUT2D eigenvalue weighted by molar-refractivity contribution is 0.102. The van der Waals surface area contributed by atoms with E-state index in [9.17, 15) is 4.79 Å². The maximum Gasteiger partial charge on any atom is 0.276 e. The topological polar surface area (TPSA) is 109 Å². The van der Waals surface area contributed by atoms with Gasteiger partial charge in [0.05, 0.1) is 12.8 Å². The number of para-hydroxylation sites is 1. The third kappa shape index (κ3) is 2.73. The highest BCUT2D eigenvalue weighted by Gasteiger charge is 2.27. The van der Waals surface area contributed by atoms with Crippen LogP contribution in [0.4, 0.5) is 5.95 Å². The quantitative estimate of drug-likeness (QED) is 0.667. The van der Waals surface area contributed by atoms with Gasteiger partial charge >= 0.3 is 0 Å². The molecule has 1 amide bonds. The van der Waals surface area contributed by atoms with Crippen molar-refractivity contribution in [3.63, 3.8) is 0 Å². The predicted molar refractivity (Wildman–Crippen MR) is 86.9 cm³/mol. The van der Waals surface area contributed by atoms with Crippen LogP contribution in [0.3, 0.4) is 0 Å². The smallest absolute Gasteiger partial charge is 0.276 e. The monoisotopic (exact) mass is 324 g/mol. The van der Waals surface area contributed by atoms with Gasteiger partial charge in [0.1, 0.15) is 17.3 Å². The van der Waals surface area contributed by atoms with Gasteiger partial charge < -0.3 is 4.74 Å². The van der Waals surface area contributed by atoms with E-state index >= 15 is 0 Å². The summed E-state index contributed by atoms with van der Waals surface area (Å²) in [5.74, 6) is 1.90. The molecule has 0 unspecified atom stereocenters. The summed E-state index contributed by atoms with van der Waals surface area (Å²) in [5.41, 5.74) is 1.77. The Morgan fingerprint density at radius 1 is 1.25 bits per heavy atom. The first-order valence-electron chi connectivity index (χ1n) is 7.67. The molecule has 122 valence electrons. The molecule has 1 aromatic carbocycles. The van der Waals surface area contributed by atoms with Crippen molar-refractivity contribution in [2.75, 3.05) is 12.4 Å². The molecule has 0 atom stereocenters. The Bertz CT molecular complexity index is 880. The zero-order valence-electron chi connectivity index (χ0n) is 13.0. The van der Waals surface area contributed by atoms with Crippen molar-refractivity contribution < 1.29 is 9.53 Å². The zero-order chi connectivity index (χ0) is 16.5. The number of hydrogen-bond acceptors (Lipinski definition) is 5. The fraction of sp³-hybridized carbons (Fsp3) is 0.250. The van der Waals surface area contributed by atoms with Gasteiger partial charge in [0.2, 0.25) is 5.95 Å². The molecule has 1 aliphatic rings. The number of amides is 1. The Morgan fingerprint density at radius 2 is 2.08 bits per heavy atom. The average molecular weight is 324 g/mol. The molecule has 8 nitrogen and oxygen atoms in total. The molecule has 2 aromatic heterocycles. The summed E-state index contributed by atoms with van der Waals surface area (Å²) in [6.45, 7) is 0. The molecule has 3 aromatic rings. The van der Waals surface area contributed by atoms with Crippen LogP contribution >= 0.6 is 0 Å². The SMILES string of the molecule is COc1ccccc1-c1cc(C(=O)Nc2n[nH]c(C3CC3)n2)[nH]n1. The van der Waals surface area contributed by atoms with Gasteiger partial charge in [-0.3, -0.25) is 20.3 Å². The lowest BCUT2D eigenvalue weighted by atomic mass is 10.1. The summed E-state index contributed by atoms with van der Waals surface area (Å²) < 4.78 is 5.32. The molecule has 4 rings (SSSR count). The van der Waals surface area contributed by atoms with Crippen molar-refractivity contribution in [2.45, 2.75) is 18.8 Å². The molecule has 24 heavy (non-hydrogen) atoms. The van der Waals surface area contributed by atoms with E-state index < -0.39 is 0 Å². The number of methoxy groups -OCH3 is 1. The number of aromatic nitrogens is 5. The van der Waals surface area contributed by atoms with Crippen molar-refractivity contribution in [2.24, 2.45) is 0 Å². The fourth-order valence-corrected chi connectivity index (χ4v) is 2.47. The highest BCUT2D eigenvalue weighted by Crippen LogP contribution is 2.38.